The van der Waals surface area contributed by atoms with Gasteiger partial charge in [0.15, 0.2) is 0 Å². The van der Waals surface area contributed by atoms with Gasteiger partial charge in [-0.25, -0.2) is 4.79 Å². The third kappa shape index (κ3) is 8.26. The van der Waals surface area contributed by atoms with Gasteiger partial charge in [0.2, 0.25) is 5.78 Å². The number of hydrogen-bond acceptors (Lipinski definition) is 5. The van der Waals surface area contributed by atoms with Crippen LogP contribution >= 0.6 is 0 Å². The van der Waals surface area contributed by atoms with Crippen LogP contribution in [-0.2, 0) is 19.1 Å². The van der Waals surface area contributed by atoms with E-state index < -0.39 is 17.4 Å². The number of carbonyl (C=O) groups is 3. The van der Waals surface area contributed by atoms with E-state index in [1.807, 2.05) is 0 Å². The maximum absolute atomic E-state index is 12.3. The van der Waals surface area contributed by atoms with Gasteiger partial charge in [-0.2, -0.15) is 0 Å². The van der Waals surface area contributed by atoms with Crippen LogP contribution in [0.1, 0.15) is 90.4 Å². The van der Waals surface area contributed by atoms with E-state index in [1.165, 1.54) is 7.11 Å². The predicted octanol–water partition coefficient (Wildman–Crippen LogP) is 4.55. The second-order valence-corrected chi connectivity index (χ2v) is 8.19. The van der Waals surface area contributed by atoms with Gasteiger partial charge in [0, 0.05) is 18.8 Å². The predicted molar refractivity (Wildman–Crippen MR) is 110 cm³/mol. The Morgan fingerprint density at radius 2 is 1.89 bits per heavy atom. The number of Topliss-reactive ketones (excluding diaryl/α,β-unsaturated/α-hetero) is 2. The zero-order valence-corrected chi connectivity index (χ0v) is 17.7. The van der Waals surface area contributed by atoms with Crippen molar-refractivity contribution in [3.8, 4) is 0 Å². The highest BCUT2D eigenvalue weighted by Gasteiger charge is 2.34. The van der Waals surface area contributed by atoms with Gasteiger partial charge in [0.1, 0.15) is 5.78 Å². The van der Waals surface area contributed by atoms with E-state index in [9.17, 15) is 19.5 Å². The van der Waals surface area contributed by atoms with Crippen molar-refractivity contribution < 1.29 is 24.2 Å². The summed E-state index contributed by atoms with van der Waals surface area (Å²) in [7, 11) is 1.21. The summed E-state index contributed by atoms with van der Waals surface area (Å²) in [6.07, 6.45) is 12.2. The molecule has 160 valence electrons. The quantitative estimate of drug-likeness (QED) is 0.191. The second kappa shape index (κ2) is 12.9. The van der Waals surface area contributed by atoms with E-state index in [-0.39, 0.29) is 12.3 Å². The number of rotatable bonds is 15. The number of hydrogen-bond donors (Lipinski definition) is 1. The first-order valence-electron chi connectivity index (χ1n) is 10.9. The summed E-state index contributed by atoms with van der Waals surface area (Å²) < 4.78 is 4.41. The van der Waals surface area contributed by atoms with Crippen molar-refractivity contribution in [2.24, 2.45) is 11.8 Å². The average molecular weight is 395 g/mol. The molecule has 0 aliphatic heterocycles. The zero-order chi connectivity index (χ0) is 21.0. The minimum absolute atomic E-state index is 0.115. The molecule has 0 radical (unpaired) electrons. The van der Waals surface area contributed by atoms with E-state index >= 15 is 0 Å². The number of carbonyl (C=O) groups excluding carboxylic acids is 3. The van der Waals surface area contributed by atoms with Crippen molar-refractivity contribution in [1.82, 2.24) is 0 Å². The summed E-state index contributed by atoms with van der Waals surface area (Å²) in [6, 6.07) is 0. The first-order chi connectivity index (χ1) is 13.4. The minimum Gasteiger partial charge on any atom is -0.463 e. The van der Waals surface area contributed by atoms with E-state index in [0.29, 0.717) is 31.0 Å². The molecule has 1 rings (SSSR count). The van der Waals surface area contributed by atoms with Gasteiger partial charge in [0.05, 0.1) is 12.7 Å². The molecule has 1 saturated carbocycles. The number of unbranched alkanes of at least 4 members (excludes halogenated alkanes) is 3. The van der Waals surface area contributed by atoms with Crippen molar-refractivity contribution in [3.63, 3.8) is 0 Å². The van der Waals surface area contributed by atoms with Crippen molar-refractivity contribution in [2.75, 3.05) is 7.11 Å². The Labute approximate surface area is 169 Å². The Morgan fingerprint density at radius 1 is 1.18 bits per heavy atom. The van der Waals surface area contributed by atoms with Crippen LogP contribution in [0.5, 0.6) is 0 Å². The summed E-state index contributed by atoms with van der Waals surface area (Å²) in [6.45, 7) is 5.91. The molecule has 0 heterocycles. The van der Waals surface area contributed by atoms with Crippen LogP contribution in [0.3, 0.4) is 0 Å². The third-order valence-electron chi connectivity index (χ3n) is 6.10. The van der Waals surface area contributed by atoms with E-state index in [4.69, 9.17) is 0 Å². The van der Waals surface area contributed by atoms with Gasteiger partial charge in [-0.05, 0) is 50.9 Å². The van der Waals surface area contributed by atoms with Gasteiger partial charge >= 0.3 is 5.97 Å². The lowest BCUT2D eigenvalue weighted by molar-refractivity contribution is -0.151. The highest BCUT2D eigenvalue weighted by Crippen LogP contribution is 2.37. The zero-order valence-electron chi connectivity index (χ0n) is 17.7. The Bertz CT molecular complexity index is 527. The normalized spacial score (nSPS) is 21.3. The highest BCUT2D eigenvalue weighted by atomic mass is 16.5. The number of aliphatic hydroxyl groups is 1. The molecule has 5 heteroatoms. The van der Waals surface area contributed by atoms with Crippen molar-refractivity contribution in [3.05, 3.63) is 12.7 Å². The van der Waals surface area contributed by atoms with Crippen LogP contribution in [0, 0.1) is 11.8 Å². The van der Waals surface area contributed by atoms with Crippen LogP contribution in [-0.4, -0.2) is 35.4 Å². The molecule has 1 aliphatic carbocycles. The van der Waals surface area contributed by atoms with Gasteiger partial charge in [-0.3, -0.25) is 9.59 Å². The lowest BCUT2D eigenvalue weighted by atomic mass is 9.84. The van der Waals surface area contributed by atoms with Crippen LogP contribution in [0.2, 0.25) is 0 Å². The number of ketones is 2. The van der Waals surface area contributed by atoms with E-state index in [2.05, 4.69) is 18.2 Å². The fourth-order valence-corrected chi connectivity index (χ4v) is 4.24. The molecule has 3 atom stereocenters. The first kappa shape index (κ1) is 24.5. The molecule has 0 aromatic carbocycles. The molecular weight excluding hydrogens is 356 g/mol. The van der Waals surface area contributed by atoms with Crippen LogP contribution < -0.4 is 0 Å². The van der Waals surface area contributed by atoms with Crippen molar-refractivity contribution >= 4 is 17.5 Å². The standard InChI is InChI=1S/C23H38O5/c1-4-6-16-23(27,5-2)17-10-11-18-14-15-20(24)19(18)12-8-7-9-13-21(25)22(26)28-3/h5,18-19,27H,2,4,6-17H2,1,3H3/t18-,19+,23?/m0/s1. The molecule has 0 bridgehead atoms. The molecule has 1 aliphatic rings. The summed E-state index contributed by atoms with van der Waals surface area (Å²) in [5.74, 6) is -0.367. The molecular formula is C23H38O5. The van der Waals surface area contributed by atoms with E-state index in [0.717, 1.165) is 57.8 Å². The van der Waals surface area contributed by atoms with Crippen LogP contribution in [0.4, 0.5) is 0 Å². The Morgan fingerprint density at radius 3 is 2.54 bits per heavy atom. The molecule has 0 saturated heterocycles. The van der Waals surface area contributed by atoms with Crippen LogP contribution in [0.15, 0.2) is 12.7 Å². The summed E-state index contributed by atoms with van der Waals surface area (Å²) in [5.41, 5.74) is -0.777. The monoisotopic (exact) mass is 394 g/mol. The molecule has 28 heavy (non-hydrogen) atoms. The minimum atomic E-state index is -0.777. The number of methoxy groups -OCH3 is 1. The lowest BCUT2D eigenvalue weighted by Crippen LogP contribution is -2.26. The Hall–Kier alpha value is -1.49. The topological polar surface area (TPSA) is 80.7 Å². The smallest absolute Gasteiger partial charge is 0.374 e. The average Bonchev–Trinajstić information content (AvgIpc) is 3.05. The van der Waals surface area contributed by atoms with Crippen molar-refractivity contribution in [2.45, 2.75) is 96.0 Å². The Kier molecular flexibility index (Phi) is 11.3. The summed E-state index contributed by atoms with van der Waals surface area (Å²) >= 11 is 0. The molecule has 0 spiro atoms. The maximum Gasteiger partial charge on any atom is 0.374 e. The van der Waals surface area contributed by atoms with Gasteiger partial charge in [-0.1, -0.05) is 38.7 Å². The molecule has 0 aromatic heterocycles. The molecule has 1 unspecified atom stereocenters. The first-order valence-corrected chi connectivity index (χ1v) is 10.9. The summed E-state index contributed by atoms with van der Waals surface area (Å²) in [5, 5.41) is 10.6. The highest BCUT2D eigenvalue weighted by molar-refractivity contribution is 6.33. The van der Waals surface area contributed by atoms with E-state index in [1.54, 1.807) is 6.08 Å². The fourth-order valence-electron chi connectivity index (χ4n) is 4.24. The summed E-state index contributed by atoms with van der Waals surface area (Å²) in [4.78, 5) is 34.8. The lowest BCUT2D eigenvalue weighted by Gasteiger charge is -2.25. The molecule has 1 N–H and O–H groups in total. The van der Waals surface area contributed by atoms with Crippen molar-refractivity contribution in [1.29, 1.82) is 0 Å². The number of ether oxygens (including phenoxy) is 1. The SMILES string of the molecule is C=CC(O)(CCCC)CCC[C@H]1CCC(=O)[C@@H]1CCCCCC(=O)C(=O)OC. The molecule has 0 amide bonds. The van der Waals surface area contributed by atoms with Gasteiger partial charge in [-0.15, -0.1) is 6.58 Å². The Balaban J connectivity index is 2.33. The van der Waals surface area contributed by atoms with Crippen LogP contribution in [0.25, 0.3) is 0 Å². The molecule has 5 nitrogen and oxygen atoms in total. The van der Waals surface area contributed by atoms with Gasteiger partial charge in [0.25, 0.3) is 0 Å². The number of esters is 1. The molecule has 1 fully saturated rings. The maximum atomic E-state index is 12.3. The third-order valence-corrected chi connectivity index (χ3v) is 6.10. The van der Waals surface area contributed by atoms with Gasteiger partial charge < -0.3 is 9.84 Å². The molecule has 0 aromatic rings. The largest absolute Gasteiger partial charge is 0.463 e. The second-order valence-electron chi connectivity index (χ2n) is 8.19. The fraction of sp³-hybridized carbons (Fsp3) is 0.783.